The van der Waals surface area contributed by atoms with E-state index in [0.29, 0.717) is 13.1 Å². The van der Waals surface area contributed by atoms with Gasteiger partial charge in [0.15, 0.2) is 0 Å². The maximum Gasteiger partial charge on any atom is 0.401 e. The van der Waals surface area contributed by atoms with E-state index in [4.69, 9.17) is 0 Å². The van der Waals surface area contributed by atoms with E-state index in [2.05, 4.69) is 0 Å². The first-order chi connectivity index (χ1) is 7.54. The van der Waals surface area contributed by atoms with Crippen LogP contribution < -0.4 is 0 Å². The third kappa shape index (κ3) is 2.98. The summed E-state index contributed by atoms with van der Waals surface area (Å²) in [5.41, 5.74) is 1.15. The molecule has 88 valence electrons. The van der Waals surface area contributed by atoms with Gasteiger partial charge >= 0.3 is 6.18 Å². The topological polar surface area (TPSA) is 3.24 Å². The number of alkyl halides is 3. The molecular weight excluding hydrogens is 215 g/mol. The molecule has 0 aromatic heterocycles. The lowest BCUT2D eigenvalue weighted by Gasteiger charge is -2.17. The van der Waals surface area contributed by atoms with Crippen molar-refractivity contribution in [3.63, 3.8) is 0 Å². The van der Waals surface area contributed by atoms with E-state index in [1.54, 1.807) is 0 Å². The van der Waals surface area contributed by atoms with Crippen LogP contribution in [-0.4, -0.2) is 30.7 Å². The van der Waals surface area contributed by atoms with Crippen LogP contribution in [0.3, 0.4) is 0 Å². The van der Waals surface area contributed by atoms with Gasteiger partial charge in [0.25, 0.3) is 0 Å². The Kier molecular flexibility index (Phi) is 3.19. The molecule has 1 aromatic carbocycles. The number of hydrogen-bond acceptors (Lipinski definition) is 1. The van der Waals surface area contributed by atoms with Gasteiger partial charge in [0.1, 0.15) is 0 Å². The molecule has 0 unspecified atom stereocenters. The van der Waals surface area contributed by atoms with Gasteiger partial charge in [0.05, 0.1) is 6.54 Å². The van der Waals surface area contributed by atoms with Crippen LogP contribution in [0.2, 0.25) is 0 Å². The lowest BCUT2D eigenvalue weighted by Crippen LogP contribution is -2.32. The van der Waals surface area contributed by atoms with Crippen LogP contribution in [-0.2, 0) is 0 Å². The molecule has 0 N–H and O–H groups in total. The van der Waals surface area contributed by atoms with Crippen LogP contribution in [0, 0.1) is 0 Å². The Bertz CT molecular complexity index is 334. The van der Waals surface area contributed by atoms with E-state index in [9.17, 15) is 13.2 Å². The lowest BCUT2D eigenvalue weighted by atomic mass is 9.99. The van der Waals surface area contributed by atoms with Crippen molar-refractivity contribution in [1.82, 2.24) is 4.90 Å². The van der Waals surface area contributed by atoms with Gasteiger partial charge in [-0.05, 0) is 24.4 Å². The fourth-order valence-corrected chi connectivity index (χ4v) is 2.23. The fourth-order valence-electron chi connectivity index (χ4n) is 2.23. The van der Waals surface area contributed by atoms with Gasteiger partial charge in [-0.25, -0.2) is 0 Å². The standard InChI is InChI=1S/C12H14F3N/c13-12(14,15)9-16-7-6-11(8-16)10-4-2-1-3-5-10/h1-5,11H,6-9H2/t11-/m0/s1. The second-order valence-corrected chi connectivity index (χ2v) is 4.25. The first kappa shape index (κ1) is 11.5. The molecule has 1 saturated heterocycles. The highest BCUT2D eigenvalue weighted by Gasteiger charge is 2.34. The zero-order valence-corrected chi connectivity index (χ0v) is 8.87. The van der Waals surface area contributed by atoms with E-state index in [-0.39, 0.29) is 5.92 Å². The average molecular weight is 229 g/mol. The second kappa shape index (κ2) is 4.45. The van der Waals surface area contributed by atoms with Crippen LogP contribution in [0.15, 0.2) is 30.3 Å². The van der Waals surface area contributed by atoms with E-state index >= 15 is 0 Å². The fraction of sp³-hybridized carbons (Fsp3) is 0.500. The molecule has 0 aliphatic carbocycles. The number of halogens is 3. The third-order valence-corrected chi connectivity index (χ3v) is 2.95. The first-order valence-electron chi connectivity index (χ1n) is 5.39. The largest absolute Gasteiger partial charge is 0.401 e. The van der Waals surface area contributed by atoms with Gasteiger partial charge < -0.3 is 0 Å². The molecule has 0 radical (unpaired) electrons. The monoisotopic (exact) mass is 229 g/mol. The van der Waals surface area contributed by atoms with Crippen LogP contribution in [0.4, 0.5) is 13.2 Å². The highest BCUT2D eigenvalue weighted by atomic mass is 19.4. The maximum absolute atomic E-state index is 12.2. The quantitative estimate of drug-likeness (QED) is 0.753. The first-order valence-corrected chi connectivity index (χ1v) is 5.39. The van der Waals surface area contributed by atoms with Crippen molar-refractivity contribution >= 4 is 0 Å². The Hall–Kier alpha value is -1.03. The predicted octanol–water partition coefficient (Wildman–Crippen LogP) is 3.04. The molecule has 1 heterocycles. The van der Waals surface area contributed by atoms with Crippen molar-refractivity contribution < 1.29 is 13.2 Å². The summed E-state index contributed by atoms with van der Waals surface area (Å²) in [6.07, 6.45) is -3.26. The third-order valence-electron chi connectivity index (χ3n) is 2.95. The molecule has 1 atom stereocenters. The summed E-state index contributed by atoms with van der Waals surface area (Å²) in [7, 11) is 0. The molecule has 1 aliphatic rings. The highest BCUT2D eigenvalue weighted by Crippen LogP contribution is 2.29. The molecule has 4 heteroatoms. The summed E-state index contributed by atoms with van der Waals surface area (Å²) >= 11 is 0. The number of likely N-dealkylation sites (tertiary alicyclic amines) is 1. The minimum Gasteiger partial charge on any atom is -0.294 e. The van der Waals surface area contributed by atoms with Crippen molar-refractivity contribution in [3.05, 3.63) is 35.9 Å². The molecule has 0 spiro atoms. The molecule has 1 aromatic rings. The number of nitrogens with zero attached hydrogens (tertiary/aromatic N) is 1. The van der Waals surface area contributed by atoms with E-state index in [0.717, 1.165) is 12.0 Å². The van der Waals surface area contributed by atoms with Gasteiger partial charge in [0, 0.05) is 6.54 Å². The van der Waals surface area contributed by atoms with Crippen LogP contribution in [0.1, 0.15) is 17.9 Å². The minimum atomic E-state index is -4.08. The summed E-state index contributed by atoms with van der Waals surface area (Å²) < 4.78 is 36.6. The van der Waals surface area contributed by atoms with Gasteiger partial charge in [-0.2, -0.15) is 13.2 Å². The number of hydrogen-bond donors (Lipinski definition) is 0. The summed E-state index contributed by atoms with van der Waals surface area (Å²) in [6.45, 7) is 0.277. The molecular formula is C12H14F3N. The second-order valence-electron chi connectivity index (χ2n) is 4.25. The SMILES string of the molecule is FC(F)(F)CN1CC[C@H](c2ccccc2)C1. The molecule has 1 fully saturated rings. The normalized spacial score (nSPS) is 22.6. The van der Waals surface area contributed by atoms with E-state index < -0.39 is 12.7 Å². The molecule has 0 saturated carbocycles. The predicted molar refractivity (Wildman–Crippen MR) is 56.3 cm³/mol. The van der Waals surface area contributed by atoms with Crippen LogP contribution in [0.5, 0.6) is 0 Å². The number of rotatable bonds is 2. The summed E-state index contributed by atoms with van der Waals surface area (Å²) in [5, 5.41) is 0. The Morgan fingerprint density at radius 2 is 1.88 bits per heavy atom. The molecule has 0 amide bonds. The Morgan fingerprint density at radius 1 is 1.19 bits per heavy atom. The van der Waals surface area contributed by atoms with Gasteiger partial charge in [-0.15, -0.1) is 0 Å². The molecule has 1 nitrogen and oxygen atoms in total. The summed E-state index contributed by atoms with van der Waals surface area (Å²) in [6, 6.07) is 9.76. The minimum absolute atomic E-state index is 0.253. The molecule has 1 aliphatic heterocycles. The molecule has 0 bridgehead atoms. The van der Waals surface area contributed by atoms with Gasteiger partial charge in [-0.1, -0.05) is 30.3 Å². The van der Waals surface area contributed by atoms with Crippen LogP contribution >= 0.6 is 0 Å². The Balaban J connectivity index is 1.94. The Morgan fingerprint density at radius 3 is 2.50 bits per heavy atom. The zero-order chi connectivity index (χ0) is 11.6. The van der Waals surface area contributed by atoms with Gasteiger partial charge in [0.2, 0.25) is 0 Å². The van der Waals surface area contributed by atoms with E-state index in [1.165, 1.54) is 4.90 Å². The van der Waals surface area contributed by atoms with Gasteiger partial charge in [-0.3, -0.25) is 4.90 Å². The summed E-state index contributed by atoms with van der Waals surface area (Å²) in [4.78, 5) is 1.48. The van der Waals surface area contributed by atoms with Crippen molar-refractivity contribution in [2.45, 2.75) is 18.5 Å². The van der Waals surface area contributed by atoms with E-state index in [1.807, 2.05) is 30.3 Å². The van der Waals surface area contributed by atoms with Crippen molar-refractivity contribution in [2.75, 3.05) is 19.6 Å². The Labute approximate surface area is 92.9 Å². The average Bonchev–Trinajstić information content (AvgIpc) is 2.65. The van der Waals surface area contributed by atoms with Crippen molar-refractivity contribution in [1.29, 1.82) is 0 Å². The molecule has 16 heavy (non-hydrogen) atoms. The summed E-state index contributed by atoms with van der Waals surface area (Å²) in [5.74, 6) is 0.253. The highest BCUT2D eigenvalue weighted by molar-refractivity contribution is 5.20. The van der Waals surface area contributed by atoms with Crippen LogP contribution in [0.25, 0.3) is 0 Å². The lowest BCUT2D eigenvalue weighted by molar-refractivity contribution is -0.143. The molecule has 2 rings (SSSR count). The van der Waals surface area contributed by atoms with Crippen molar-refractivity contribution in [3.8, 4) is 0 Å². The zero-order valence-electron chi connectivity index (χ0n) is 8.87. The smallest absolute Gasteiger partial charge is 0.294 e. The van der Waals surface area contributed by atoms with Crippen molar-refractivity contribution in [2.24, 2.45) is 0 Å². The maximum atomic E-state index is 12.2. The number of benzene rings is 1.